The highest BCUT2D eigenvalue weighted by atomic mass is 16.5. The van der Waals surface area contributed by atoms with Crippen molar-refractivity contribution in [2.75, 3.05) is 24.9 Å². The zero-order valence-electron chi connectivity index (χ0n) is 15.0. The van der Waals surface area contributed by atoms with Gasteiger partial charge in [0.1, 0.15) is 0 Å². The summed E-state index contributed by atoms with van der Waals surface area (Å²) < 4.78 is 10.6. The highest BCUT2D eigenvalue weighted by molar-refractivity contribution is 5.58. The number of ether oxygens (including phenoxy) is 2. The van der Waals surface area contributed by atoms with E-state index in [-0.39, 0.29) is 0 Å². The van der Waals surface area contributed by atoms with Crippen molar-refractivity contribution in [2.45, 2.75) is 13.5 Å². The van der Waals surface area contributed by atoms with E-state index in [4.69, 9.17) is 9.47 Å². The lowest BCUT2D eigenvalue weighted by Gasteiger charge is -2.11. The van der Waals surface area contributed by atoms with E-state index in [1.54, 1.807) is 20.4 Å². The summed E-state index contributed by atoms with van der Waals surface area (Å²) in [5.74, 6) is 2.46. The molecule has 0 atom stereocenters. The number of aryl methyl sites for hydroxylation is 1. The summed E-state index contributed by atoms with van der Waals surface area (Å²) in [5.41, 5.74) is 3.10. The van der Waals surface area contributed by atoms with E-state index in [2.05, 4.69) is 25.8 Å². The first-order chi connectivity index (χ1) is 12.7. The van der Waals surface area contributed by atoms with Crippen LogP contribution in [0, 0.1) is 6.92 Å². The van der Waals surface area contributed by atoms with E-state index in [1.807, 2.05) is 49.4 Å². The van der Waals surface area contributed by atoms with Crippen LogP contribution in [0.15, 0.2) is 48.7 Å². The lowest BCUT2D eigenvalue weighted by atomic mass is 10.2. The third-order valence-electron chi connectivity index (χ3n) is 3.87. The van der Waals surface area contributed by atoms with Gasteiger partial charge in [-0.05, 0) is 36.2 Å². The number of rotatable bonds is 7. The SMILES string of the molecule is COc1ccc(CNc2cnnc(Nc3ccccc3C)n2)cc1OC. The van der Waals surface area contributed by atoms with Crippen molar-refractivity contribution in [1.82, 2.24) is 15.2 Å². The summed E-state index contributed by atoms with van der Waals surface area (Å²) in [4.78, 5) is 4.45. The minimum atomic E-state index is 0.441. The van der Waals surface area contributed by atoms with Gasteiger partial charge in [0.05, 0.1) is 20.4 Å². The van der Waals surface area contributed by atoms with Crippen LogP contribution in [0.3, 0.4) is 0 Å². The molecule has 0 saturated heterocycles. The predicted octanol–water partition coefficient (Wildman–Crippen LogP) is 3.55. The first kappa shape index (κ1) is 17.5. The van der Waals surface area contributed by atoms with Gasteiger partial charge in [0.2, 0.25) is 5.95 Å². The molecule has 0 unspecified atom stereocenters. The average Bonchev–Trinajstić information content (AvgIpc) is 2.68. The molecule has 0 spiro atoms. The Hall–Kier alpha value is -3.35. The van der Waals surface area contributed by atoms with Crippen molar-refractivity contribution in [3.63, 3.8) is 0 Å². The van der Waals surface area contributed by atoms with Crippen LogP contribution < -0.4 is 20.1 Å². The van der Waals surface area contributed by atoms with Crippen LogP contribution in [0.5, 0.6) is 11.5 Å². The molecule has 134 valence electrons. The van der Waals surface area contributed by atoms with Crippen LogP contribution in [0.25, 0.3) is 0 Å². The monoisotopic (exact) mass is 351 g/mol. The van der Waals surface area contributed by atoms with Crippen molar-refractivity contribution >= 4 is 17.5 Å². The van der Waals surface area contributed by atoms with E-state index < -0.39 is 0 Å². The zero-order chi connectivity index (χ0) is 18.4. The molecule has 0 aliphatic carbocycles. The van der Waals surface area contributed by atoms with Gasteiger partial charge in [-0.25, -0.2) is 0 Å². The predicted molar refractivity (Wildman–Crippen MR) is 101 cm³/mol. The number of anilines is 3. The second-order valence-corrected chi connectivity index (χ2v) is 5.65. The lowest BCUT2D eigenvalue weighted by Crippen LogP contribution is -2.06. The van der Waals surface area contributed by atoms with Gasteiger partial charge in [0.15, 0.2) is 17.3 Å². The highest BCUT2D eigenvalue weighted by Gasteiger charge is 2.06. The third kappa shape index (κ3) is 4.18. The maximum atomic E-state index is 5.32. The van der Waals surface area contributed by atoms with Gasteiger partial charge in [-0.1, -0.05) is 24.3 Å². The van der Waals surface area contributed by atoms with Crippen molar-refractivity contribution in [1.29, 1.82) is 0 Å². The van der Waals surface area contributed by atoms with Gasteiger partial charge < -0.3 is 20.1 Å². The maximum Gasteiger partial charge on any atom is 0.249 e. The molecule has 0 aliphatic heterocycles. The number of para-hydroxylation sites is 1. The molecule has 0 radical (unpaired) electrons. The van der Waals surface area contributed by atoms with Crippen LogP contribution in [0.2, 0.25) is 0 Å². The fourth-order valence-electron chi connectivity index (χ4n) is 2.46. The molecule has 1 aromatic heterocycles. The van der Waals surface area contributed by atoms with E-state index in [1.165, 1.54) is 0 Å². The number of methoxy groups -OCH3 is 2. The van der Waals surface area contributed by atoms with Crippen molar-refractivity contribution < 1.29 is 9.47 Å². The number of benzene rings is 2. The average molecular weight is 351 g/mol. The molecule has 2 N–H and O–H groups in total. The Morgan fingerprint density at radius 2 is 1.81 bits per heavy atom. The van der Waals surface area contributed by atoms with E-state index in [0.717, 1.165) is 16.8 Å². The Bertz CT molecular complexity index is 885. The molecule has 26 heavy (non-hydrogen) atoms. The summed E-state index contributed by atoms with van der Waals surface area (Å²) in [7, 11) is 3.23. The number of aromatic nitrogens is 3. The largest absolute Gasteiger partial charge is 0.493 e. The quantitative estimate of drug-likeness (QED) is 0.673. The molecule has 0 fully saturated rings. The lowest BCUT2D eigenvalue weighted by molar-refractivity contribution is 0.354. The number of nitrogens with one attached hydrogen (secondary N) is 2. The molecule has 0 saturated carbocycles. The van der Waals surface area contributed by atoms with Gasteiger partial charge in [-0.3, -0.25) is 0 Å². The Kier molecular flexibility index (Phi) is 5.48. The molecular weight excluding hydrogens is 330 g/mol. The number of hydrogen-bond acceptors (Lipinski definition) is 7. The molecular formula is C19H21N5O2. The fourth-order valence-corrected chi connectivity index (χ4v) is 2.46. The number of hydrogen-bond donors (Lipinski definition) is 2. The van der Waals surface area contributed by atoms with Gasteiger partial charge >= 0.3 is 0 Å². The molecule has 7 nitrogen and oxygen atoms in total. The topological polar surface area (TPSA) is 81.2 Å². The molecule has 0 amide bonds. The minimum Gasteiger partial charge on any atom is -0.493 e. The van der Waals surface area contributed by atoms with Crippen LogP contribution >= 0.6 is 0 Å². The first-order valence-electron chi connectivity index (χ1n) is 8.16. The van der Waals surface area contributed by atoms with E-state index in [9.17, 15) is 0 Å². The Morgan fingerprint density at radius 1 is 1.00 bits per heavy atom. The molecule has 0 bridgehead atoms. The first-order valence-corrected chi connectivity index (χ1v) is 8.16. The third-order valence-corrected chi connectivity index (χ3v) is 3.87. The van der Waals surface area contributed by atoms with Crippen molar-refractivity contribution in [3.05, 3.63) is 59.8 Å². The summed E-state index contributed by atoms with van der Waals surface area (Å²) in [6.07, 6.45) is 1.59. The van der Waals surface area contributed by atoms with Gasteiger partial charge in [0.25, 0.3) is 0 Å². The van der Waals surface area contributed by atoms with E-state index >= 15 is 0 Å². The van der Waals surface area contributed by atoms with Gasteiger partial charge in [-0.15, -0.1) is 5.10 Å². The summed E-state index contributed by atoms with van der Waals surface area (Å²) in [6.45, 7) is 2.60. The summed E-state index contributed by atoms with van der Waals surface area (Å²) >= 11 is 0. The normalized spacial score (nSPS) is 10.3. The van der Waals surface area contributed by atoms with Gasteiger partial charge in [-0.2, -0.15) is 10.1 Å². The Morgan fingerprint density at radius 3 is 2.58 bits per heavy atom. The summed E-state index contributed by atoms with van der Waals surface area (Å²) in [6, 6.07) is 13.7. The maximum absolute atomic E-state index is 5.32. The number of nitrogens with zero attached hydrogens (tertiary/aromatic N) is 3. The molecule has 3 rings (SSSR count). The van der Waals surface area contributed by atoms with Crippen molar-refractivity contribution in [3.8, 4) is 11.5 Å². The molecule has 7 heteroatoms. The molecule has 1 heterocycles. The zero-order valence-corrected chi connectivity index (χ0v) is 15.0. The van der Waals surface area contributed by atoms with Crippen LogP contribution in [0.4, 0.5) is 17.5 Å². The minimum absolute atomic E-state index is 0.441. The highest BCUT2D eigenvalue weighted by Crippen LogP contribution is 2.27. The molecule has 2 aromatic carbocycles. The van der Waals surface area contributed by atoms with Crippen LogP contribution in [-0.4, -0.2) is 29.4 Å². The second kappa shape index (κ2) is 8.15. The Balaban J connectivity index is 1.68. The van der Waals surface area contributed by atoms with Crippen molar-refractivity contribution in [2.24, 2.45) is 0 Å². The second-order valence-electron chi connectivity index (χ2n) is 5.65. The standard InChI is InChI=1S/C19H21N5O2/c1-13-6-4-5-7-15(13)22-19-23-18(12-21-24-19)20-11-14-8-9-16(25-2)17(10-14)26-3/h4-10,12H,11H2,1-3H3,(H2,20,22,23,24). The van der Waals surface area contributed by atoms with Crippen LogP contribution in [0.1, 0.15) is 11.1 Å². The Labute approximate surface area is 152 Å². The smallest absolute Gasteiger partial charge is 0.249 e. The molecule has 0 aliphatic rings. The van der Waals surface area contributed by atoms with Crippen LogP contribution in [-0.2, 0) is 6.54 Å². The molecule has 3 aromatic rings. The van der Waals surface area contributed by atoms with Gasteiger partial charge in [0, 0.05) is 12.2 Å². The van der Waals surface area contributed by atoms with E-state index in [0.29, 0.717) is 29.8 Å². The fraction of sp³-hybridized carbons (Fsp3) is 0.211. The summed E-state index contributed by atoms with van der Waals surface area (Å²) in [5, 5.41) is 14.5.